The van der Waals surface area contributed by atoms with Crippen molar-refractivity contribution in [1.29, 1.82) is 0 Å². The van der Waals surface area contributed by atoms with Crippen molar-refractivity contribution in [2.75, 3.05) is 11.9 Å². The Morgan fingerprint density at radius 3 is 2.28 bits per heavy atom. The smallest absolute Gasteiger partial charge is 0.481 e. The first-order chi connectivity index (χ1) is 11.5. The predicted octanol–water partition coefficient (Wildman–Crippen LogP) is 3.06. The molecule has 0 radical (unpaired) electrons. The molecule has 0 saturated carbocycles. The van der Waals surface area contributed by atoms with Crippen molar-refractivity contribution < 1.29 is 29.3 Å². The Bertz CT molecular complexity index is 640. The van der Waals surface area contributed by atoms with E-state index in [9.17, 15) is 24.2 Å². The molecule has 3 atom stereocenters. The van der Waals surface area contributed by atoms with Gasteiger partial charge < -0.3 is 15.5 Å². The predicted molar refractivity (Wildman–Crippen MR) is 95.2 cm³/mol. The summed E-state index contributed by atoms with van der Waals surface area (Å²) in [6, 6.07) is 7.48. The molecule has 0 aliphatic heterocycles. The second-order valence-electron chi connectivity index (χ2n) is 6.92. The maximum atomic E-state index is 11.7. The van der Waals surface area contributed by atoms with Crippen molar-refractivity contribution in [2.45, 2.75) is 44.7 Å². The van der Waals surface area contributed by atoms with Crippen LogP contribution in [0.5, 0.6) is 0 Å². The van der Waals surface area contributed by atoms with Crippen LogP contribution in [-0.4, -0.2) is 39.2 Å². The molecule has 7 nitrogen and oxygen atoms in total. The summed E-state index contributed by atoms with van der Waals surface area (Å²) in [6.07, 6.45) is -0.561. The molecule has 25 heavy (non-hydrogen) atoms. The van der Waals surface area contributed by atoms with Gasteiger partial charge in [0.15, 0.2) is 0 Å². The molecular formula is C17H25NO6P+. The number of nitrogens with one attached hydrogen (secondary N) is 1. The lowest BCUT2D eigenvalue weighted by Crippen LogP contribution is -2.32. The van der Waals surface area contributed by atoms with Gasteiger partial charge in [0.25, 0.3) is 0 Å². The Morgan fingerprint density at radius 2 is 1.80 bits per heavy atom. The van der Waals surface area contributed by atoms with Gasteiger partial charge in [0.05, 0.1) is 6.54 Å². The van der Waals surface area contributed by atoms with Crippen molar-refractivity contribution in [2.24, 2.45) is 5.92 Å². The Morgan fingerprint density at radius 1 is 1.20 bits per heavy atom. The fraction of sp³-hybridized carbons (Fsp3) is 0.529. The van der Waals surface area contributed by atoms with E-state index in [1.165, 1.54) is 0 Å². The first-order valence-corrected chi connectivity index (χ1v) is 9.25. The molecule has 0 aliphatic carbocycles. The molecule has 1 aromatic carbocycles. The summed E-state index contributed by atoms with van der Waals surface area (Å²) < 4.78 is 11.7. The van der Waals surface area contributed by atoms with Gasteiger partial charge in [0.2, 0.25) is 5.66 Å². The summed E-state index contributed by atoms with van der Waals surface area (Å²) in [5.41, 5.74) is 0.522. The Labute approximate surface area is 147 Å². The van der Waals surface area contributed by atoms with Crippen molar-refractivity contribution in [3.05, 3.63) is 29.8 Å². The minimum atomic E-state index is -2.79. The number of hydrogen-bond acceptors (Lipinski definition) is 4. The number of carboxylic acids is 2. The zero-order chi connectivity index (χ0) is 19.2. The molecule has 8 heteroatoms. The molecule has 138 valence electrons. The van der Waals surface area contributed by atoms with Gasteiger partial charge in [-0.3, -0.25) is 9.59 Å². The lowest BCUT2D eigenvalue weighted by atomic mass is 9.86. The third kappa shape index (κ3) is 6.44. The van der Waals surface area contributed by atoms with Crippen LogP contribution in [-0.2, 0) is 19.6 Å². The van der Waals surface area contributed by atoms with Gasteiger partial charge in [-0.2, -0.15) is 4.89 Å². The number of aliphatic carboxylic acids is 2. The van der Waals surface area contributed by atoms with Crippen LogP contribution in [0.4, 0.5) is 5.69 Å². The fourth-order valence-corrected chi connectivity index (χ4v) is 3.47. The Hall–Kier alpha value is -1.98. The van der Waals surface area contributed by atoms with Crippen LogP contribution in [0.1, 0.15) is 39.2 Å². The number of rotatable bonds is 9. The van der Waals surface area contributed by atoms with E-state index in [2.05, 4.69) is 5.32 Å². The van der Waals surface area contributed by atoms with Gasteiger partial charge in [-0.1, -0.05) is 39.0 Å². The molecule has 3 unspecified atom stereocenters. The SMILES string of the molecule is CC(C)(C)c1ccccc1NCC(C(CCC(=O)O)C(=O)O)[P+](=O)O. The third-order valence-electron chi connectivity index (χ3n) is 3.97. The van der Waals surface area contributed by atoms with Crippen molar-refractivity contribution in [3.63, 3.8) is 0 Å². The lowest BCUT2D eigenvalue weighted by molar-refractivity contribution is -0.142. The molecule has 0 heterocycles. The highest BCUT2D eigenvalue weighted by atomic mass is 31.1. The van der Waals surface area contributed by atoms with Gasteiger partial charge in [-0.15, -0.1) is 0 Å². The van der Waals surface area contributed by atoms with Crippen LogP contribution >= 0.6 is 8.03 Å². The Balaban J connectivity index is 2.97. The number of anilines is 1. The molecule has 0 fully saturated rings. The quantitative estimate of drug-likeness (QED) is 0.492. The van der Waals surface area contributed by atoms with E-state index in [4.69, 9.17) is 5.11 Å². The van der Waals surface area contributed by atoms with E-state index < -0.39 is 31.5 Å². The third-order valence-corrected chi connectivity index (χ3v) is 5.08. The molecule has 0 spiro atoms. The summed E-state index contributed by atoms with van der Waals surface area (Å²) >= 11 is 0. The van der Waals surface area contributed by atoms with Gasteiger partial charge >= 0.3 is 20.0 Å². The zero-order valence-corrected chi connectivity index (χ0v) is 15.5. The van der Waals surface area contributed by atoms with Crippen LogP contribution in [0.25, 0.3) is 0 Å². The van der Waals surface area contributed by atoms with E-state index in [-0.39, 0.29) is 24.8 Å². The first kappa shape index (κ1) is 21.1. The topological polar surface area (TPSA) is 124 Å². The molecule has 0 amide bonds. The standard InChI is InChI=1S/C17H24NO6P/c1-17(2,3)12-6-4-5-7-13(12)18-10-14(25(23)24)11(16(21)22)8-9-15(19)20/h4-7,11,14,18H,8-10H2,1-3H3,(H2-,19,20,21,22,23,24)/p+1. The van der Waals surface area contributed by atoms with E-state index in [0.29, 0.717) is 0 Å². The molecule has 0 aliphatic rings. The van der Waals surface area contributed by atoms with Crippen molar-refractivity contribution in [1.82, 2.24) is 0 Å². The second-order valence-corrected chi connectivity index (χ2v) is 8.19. The van der Waals surface area contributed by atoms with Gasteiger partial charge in [0, 0.05) is 12.1 Å². The second kappa shape index (κ2) is 8.92. The molecule has 0 aromatic heterocycles. The van der Waals surface area contributed by atoms with Crippen LogP contribution in [0.15, 0.2) is 24.3 Å². The molecule has 1 aromatic rings. The number of benzene rings is 1. The summed E-state index contributed by atoms with van der Waals surface area (Å²) in [6.45, 7) is 6.06. The molecule has 1 rings (SSSR count). The molecule has 4 N–H and O–H groups in total. The highest BCUT2D eigenvalue weighted by molar-refractivity contribution is 7.39. The number of carbonyl (C=O) groups is 2. The van der Waals surface area contributed by atoms with Crippen molar-refractivity contribution >= 4 is 25.7 Å². The largest absolute Gasteiger partial charge is 0.511 e. The monoisotopic (exact) mass is 370 g/mol. The van der Waals surface area contributed by atoms with E-state index in [1.807, 2.05) is 45.0 Å². The highest BCUT2D eigenvalue weighted by Gasteiger charge is 2.42. The zero-order valence-electron chi connectivity index (χ0n) is 14.6. The average molecular weight is 370 g/mol. The first-order valence-electron chi connectivity index (χ1n) is 7.97. The van der Waals surface area contributed by atoms with Crippen LogP contribution in [0.3, 0.4) is 0 Å². The average Bonchev–Trinajstić information content (AvgIpc) is 2.48. The van der Waals surface area contributed by atoms with Crippen LogP contribution in [0, 0.1) is 5.92 Å². The summed E-state index contributed by atoms with van der Waals surface area (Å²) in [4.78, 5) is 31.7. The summed E-state index contributed by atoms with van der Waals surface area (Å²) in [7, 11) is -2.79. The van der Waals surface area contributed by atoms with Crippen LogP contribution < -0.4 is 5.32 Å². The fourth-order valence-electron chi connectivity index (χ4n) is 2.64. The maximum Gasteiger partial charge on any atom is 0.511 e. The Kier molecular flexibility index (Phi) is 7.52. The van der Waals surface area contributed by atoms with Gasteiger partial charge in [-0.25, -0.2) is 0 Å². The maximum absolute atomic E-state index is 11.7. The number of carboxylic acid groups (broad SMARTS) is 2. The summed E-state index contributed by atoms with van der Waals surface area (Å²) in [5, 5.41) is 21.2. The summed E-state index contributed by atoms with van der Waals surface area (Å²) in [5.74, 6) is -3.61. The van der Waals surface area contributed by atoms with Gasteiger partial charge in [-0.05, 0) is 28.0 Å². The molecular weight excluding hydrogens is 345 g/mol. The normalized spacial score (nSPS) is 14.5. The molecule has 0 saturated heterocycles. The highest BCUT2D eigenvalue weighted by Crippen LogP contribution is 2.34. The van der Waals surface area contributed by atoms with Crippen molar-refractivity contribution in [3.8, 4) is 0 Å². The minimum absolute atomic E-state index is 0.0324. The number of para-hydroxylation sites is 1. The van der Waals surface area contributed by atoms with E-state index in [1.54, 1.807) is 0 Å². The van der Waals surface area contributed by atoms with E-state index >= 15 is 0 Å². The van der Waals surface area contributed by atoms with Gasteiger partial charge in [0.1, 0.15) is 5.92 Å². The minimum Gasteiger partial charge on any atom is -0.481 e. The van der Waals surface area contributed by atoms with Crippen LogP contribution in [0.2, 0.25) is 0 Å². The number of hydrogen-bond donors (Lipinski definition) is 4. The van der Waals surface area contributed by atoms with E-state index in [0.717, 1.165) is 11.3 Å². The molecule has 0 bridgehead atoms. The lowest BCUT2D eigenvalue weighted by Gasteiger charge is -2.24.